The fourth-order valence-electron chi connectivity index (χ4n) is 2.38. The van der Waals surface area contributed by atoms with Gasteiger partial charge in [0, 0.05) is 6.54 Å². The van der Waals surface area contributed by atoms with Crippen molar-refractivity contribution in [2.45, 2.75) is 39.3 Å². The van der Waals surface area contributed by atoms with Gasteiger partial charge in [0.05, 0.1) is 6.54 Å². The summed E-state index contributed by atoms with van der Waals surface area (Å²) in [7, 11) is 0. The molecule has 1 unspecified atom stereocenters. The van der Waals surface area contributed by atoms with Gasteiger partial charge in [-0.05, 0) is 43.5 Å². The van der Waals surface area contributed by atoms with Crippen molar-refractivity contribution in [3.63, 3.8) is 0 Å². The highest BCUT2D eigenvalue weighted by atomic mass is 19.1. The molecule has 1 saturated heterocycles. The second-order valence-electron chi connectivity index (χ2n) is 5.47. The Morgan fingerprint density at radius 2 is 2.10 bits per heavy atom. The number of hydrogen-bond donors (Lipinski definition) is 1. The highest BCUT2D eigenvalue weighted by molar-refractivity contribution is 5.97. The van der Waals surface area contributed by atoms with Crippen LogP contribution in [0.1, 0.15) is 31.4 Å². The Hall–Kier alpha value is -1.91. The van der Waals surface area contributed by atoms with Gasteiger partial charge >= 0.3 is 0 Å². The van der Waals surface area contributed by atoms with E-state index in [2.05, 4.69) is 5.32 Å². The monoisotopic (exact) mass is 278 g/mol. The molecule has 2 amide bonds. The van der Waals surface area contributed by atoms with Gasteiger partial charge in [0.15, 0.2) is 0 Å². The van der Waals surface area contributed by atoms with Gasteiger partial charge < -0.3 is 10.2 Å². The highest BCUT2D eigenvalue weighted by Gasteiger charge is 2.41. The zero-order valence-electron chi connectivity index (χ0n) is 12.0. The Balaban J connectivity index is 2.26. The van der Waals surface area contributed by atoms with Gasteiger partial charge in [-0.1, -0.05) is 13.0 Å². The number of piperazine rings is 1. The minimum Gasteiger partial charge on any atom is -0.340 e. The molecule has 1 aromatic carbocycles. The largest absolute Gasteiger partial charge is 0.340 e. The number of carbonyl (C=O) groups is 2. The number of rotatable bonds is 3. The van der Waals surface area contributed by atoms with Gasteiger partial charge in [0.25, 0.3) is 0 Å². The van der Waals surface area contributed by atoms with Crippen LogP contribution < -0.4 is 5.32 Å². The molecule has 1 aliphatic heterocycles. The topological polar surface area (TPSA) is 49.4 Å². The molecular formula is C15H19FN2O2. The molecule has 1 aromatic rings. The molecule has 0 aromatic heterocycles. The molecule has 108 valence electrons. The minimum absolute atomic E-state index is 0.0182. The number of carbonyl (C=O) groups excluding carboxylic acids is 2. The van der Waals surface area contributed by atoms with Crippen LogP contribution in [0.15, 0.2) is 18.2 Å². The maximum atomic E-state index is 13.3. The van der Waals surface area contributed by atoms with Crippen molar-refractivity contribution in [3.8, 4) is 0 Å². The summed E-state index contributed by atoms with van der Waals surface area (Å²) in [6.45, 7) is 5.71. The summed E-state index contributed by atoms with van der Waals surface area (Å²) in [5, 5.41) is 2.73. The van der Waals surface area contributed by atoms with Crippen LogP contribution in [0.4, 0.5) is 4.39 Å². The number of nitrogens with one attached hydrogen (secondary N) is 1. The molecule has 1 N–H and O–H groups in total. The van der Waals surface area contributed by atoms with Crippen LogP contribution in [-0.2, 0) is 16.1 Å². The smallest absolute Gasteiger partial charge is 0.248 e. The molecule has 1 atom stereocenters. The number of hydrogen-bond acceptors (Lipinski definition) is 2. The summed E-state index contributed by atoms with van der Waals surface area (Å²) in [5.74, 6) is -0.635. The van der Waals surface area contributed by atoms with E-state index in [-0.39, 0.29) is 30.7 Å². The molecule has 0 aliphatic carbocycles. The Bertz CT molecular complexity index is 559. The lowest BCUT2D eigenvalue weighted by Gasteiger charge is -2.39. The maximum absolute atomic E-state index is 13.3. The van der Waals surface area contributed by atoms with Crippen molar-refractivity contribution in [1.29, 1.82) is 0 Å². The van der Waals surface area contributed by atoms with Crippen molar-refractivity contribution < 1.29 is 14.0 Å². The Morgan fingerprint density at radius 1 is 1.40 bits per heavy atom. The molecule has 4 nitrogen and oxygen atoms in total. The molecule has 5 heteroatoms. The average molecular weight is 278 g/mol. The maximum Gasteiger partial charge on any atom is 0.248 e. The average Bonchev–Trinajstić information content (AvgIpc) is 2.39. The molecule has 20 heavy (non-hydrogen) atoms. The molecule has 1 aliphatic rings. The Kier molecular flexibility index (Phi) is 3.79. The van der Waals surface area contributed by atoms with Crippen molar-refractivity contribution in [2.75, 3.05) is 6.54 Å². The molecule has 2 rings (SSSR count). The van der Waals surface area contributed by atoms with E-state index in [1.165, 1.54) is 17.0 Å². The zero-order valence-corrected chi connectivity index (χ0v) is 12.0. The summed E-state index contributed by atoms with van der Waals surface area (Å²) in [5.41, 5.74) is 0.770. The Labute approximate surface area is 118 Å². The van der Waals surface area contributed by atoms with Gasteiger partial charge in [-0.3, -0.25) is 9.59 Å². The fraction of sp³-hybridized carbons (Fsp3) is 0.467. The zero-order chi connectivity index (χ0) is 14.9. The van der Waals surface area contributed by atoms with Crippen LogP contribution in [0.3, 0.4) is 0 Å². The van der Waals surface area contributed by atoms with Crippen molar-refractivity contribution in [3.05, 3.63) is 35.1 Å². The first-order chi connectivity index (χ1) is 9.35. The predicted octanol–water partition coefficient (Wildman–Crippen LogP) is 1.76. The first kappa shape index (κ1) is 14.5. The molecule has 0 saturated carbocycles. The van der Waals surface area contributed by atoms with E-state index in [1.54, 1.807) is 13.0 Å². The summed E-state index contributed by atoms with van der Waals surface area (Å²) >= 11 is 0. The van der Waals surface area contributed by atoms with Crippen LogP contribution in [-0.4, -0.2) is 28.8 Å². The lowest BCUT2D eigenvalue weighted by molar-refractivity contribution is -0.149. The number of benzene rings is 1. The summed E-state index contributed by atoms with van der Waals surface area (Å²) in [4.78, 5) is 25.7. The number of halogens is 1. The second-order valence-corrected chi connectivity index (χ2v) is 5.47. The summed E-state index contributed by atoms with van der Waals surface area (Å²) in [6.07, 6.45) is 0.524. The standard InChI is InChI=1S/C15H19FN2O2/c1-4-15(3)14(20)18(9-13(19)17-15)8-11-7-12(16)6-5-10(11)2/h5-7H,4,8-9H2,1-3H3,(H,17,19). The van der Waals surface area contributed by atoms with Crippen molar-refractivity contribution in [1.82, 2.24) is 10.2 Å². The van der Waals surface area contributed by atoms with E-state index in [0.29, 0.717) is 6.42 Å². The van der Waals surface area contributed by atoms with Gasteiger partial charge in [0.1, 0.15) is 11.4 Å². The third-order valence-electron chi connectivity index (χ3n) is 3.89. The van der Waals surface area contributed by atoms with Crippen LogP contribution in [0, 0.1) is 12.7 Å². The molecular weight excluding hydrogens is 259 g/mol. The summed E-state index contributed by atoms with van der Waals surface area (Å²) in [6, 6.07) is 4.48. The molecule has 0 radical (unpaired) electrons. The van der Waals surface area contributed by atoms with E-state index in [0.717, 1.165) is 11.1 Å². The molecule has 1 heterocycles. The van der Waals surface area contributed by atoms with E-state index >= 15 is 0 Å². The van der Waals surface area contributed by atoms with Gasteiger partial charge in [-0.2, -0.15) is 0 Å². The Morgan fingerprint density at radius 3 is 2.75 bits per heavy atom. The lowest BCUT2D eigenvalue weighted by Crippen LogP contribution is -2.64. The quantitative estimate of drug-likeness (QED) is 0.916. The first-order valence-electron chi connectivity index (χ1n) is 6.71. The van der Waals surface area contributed by atoms with Crippen molar-refractivity contribution in [2.24, 2.45) is 0 Å². The minimum atomic E-state index is -0.865. The van der Waals surface area contributed by atoms with Gasteiger partial charge in [0.2, 0.25) is 11.8 Å². The van der Waals surface area contributed by atoms with Crippen LogP contribution >= 0.6 is 0 Å². The summed E-state index contributed by atoms with van der Waals surface area (Å²) < 4.78 is 13.3. The fourth-order valence-corrected chi connectivity index (χ4v) is 2.38. The molecule has 1 fully saturated rings. The molecule has 0 bridgehead atoms. The highest BCUT2D eigenvalue weighted by Crippen LogP contribution is 2.21. The van der Waals surface area contributed by atoms with Crippen LogP contribution in [0.25, 0.3) is 0 Å². The number of amides is 2. The van der Waals surface area contributed by atoms with Crippen LogP contribution in [0.5, 0.6) is 0 Å². The molecule has 0 spiro atoms. The van der Waals surface area contributed by atoms with Crippen molar-refractivity contribution >= 4 is 11.8 Å². The van der Waals surface area contributed by atoms with Gasteiger partial charge in [-0.15, -0.1) is 0 Å². The normalized spacial score (nSPS) is 22.9. The van der Waals surface area contributed by atoms with E-state index < -0.39 is 5.54 Å². The lowest BCUT2D eigenvalue weighted by atomic mass is 9.94. The second kappa shape index (κ2) is 5.23. The number of nitrogens with zero attached hydrogens (tertiary/aromatic N) is 1. The van der Waals surface area contributed by atoms with E-state index in [9.17, 15) is 14.0 Å². The van der Waals surface area contributed by atoms with Crippen LogP contribution in [0.2, 0.25) is 0 Å². The van der Waals surface area contributed by atoms with E-state index in [4.69, 9.17) is 0 Å². The third kappa shape index (κ3) is 2.66. The third-order valence-corrected chi connectivity index (χ3v) is 3.89. The predicted molar refractivity (Wildman–Crippen MR) is 73.4 cm³/mol. The van der Waals surface area contributed by atoms with Gasteiger partial charge in [-0.25, -0.2) is 4.39 Å². The van der Waals surface area contributed by atoms with E-state index in [1.807, 2.05) is 13.8 Å². The first-order valence-corrected chi connectivity index (χ1v) is 6.71. The SMILES string of the molecule is CCC1(C)NC(=O)CN(Cc2cc(F)ccc2C)C1=O. The number of aryl methyl sites for hydroxylation is 1.